The minimum absolute atomic E-state index is 0.109. The summed E-state index contributed by atoms with van der Waals surface area (Å²) in [6, 6.07) is 1.90. The smallest absolute Gasteiger partial charge is 0.213 e. The molecule has 0 unspecified atom stereocenters. The Hall–Kier alpha value is -2.56. The molecule has 0 radical (unpaired) electrons. The lowest BCUT2D eigenvalue weighted by Gasteiger charge is -2.13. The number of guanidine groups is 1. The molecule has 3 aromatic rings. The van der Waals surface area contributed by atoms with Crippen LogP contribution in [0.1, 0.15) is 18.4 Å². The molecule has 1 aliphatic heterocycles. The molecule has 4 heterocycles. The SMILES string of the molecule is Cc1cc(OCCCO)ncc1-c1nc(-c2csc(NC3=NCCCN3)n2)cs1. The van der Waals surface area contributed by atoms with Crippen molar-refractivity contribution in [3.8, 4) is 27.8 Å². The highest BCUT2D eigenvalue weighted by Gasteiger charge is 2.14. The number of aliphatic hydroxyl groups excluding tert-OH is 1. The molecule has 10 heteroatoms. The number of nitrogens with zero attached hydrogens (tertiary/aromatic N) is 4. The second kappa shape index (κ2) is 9.29. The number of anilines is 1. The molecule has 152 valence electrons. The van der Waals surface area contributed by atoms with Crippen molar-refractivity contribution in [1.29, 1.82) is 0 Å². The summed E-state index contributed by atoms with van der Waals surface area (Å²) in [5.74, 6) is 1.34. The first kappa shape index (κ1) is 19.7. The van der Waals surface area contributed by atoms with Gasteiger partial charge in [0.2, 0.25) is 5.88 Å². The third-order valence-corrected chi connectivity index (χ3v) is 5.90. The van der Waals surface area contributed by atoms with Crippen molar-refractivity contribution in [3.05, 3.63) is 28.6 Å². The van der Waals surface area contributed by atoms with Crippen molar-refractivity contribution in [3.63, 3.8) is 0 Å². The van der Waals surface area contributed by atoms with E-state index in [4.69, 9.17) is 14.8 Å². The first-order valence-electron chi connectivity index (χ1n) is 9.40. The van der Waals surface area contributed by atoms with Crippen molar-refractivity contribution < 1.29 is 9.84 Å². The first-order chi connectivity index (χ1) is 14.2. The zero-order chi connectivity index (χ0) is 20.1. The van der Waals surface area contributed by atoms with Crippen LogP contribution in [0.2, 0.25) is 0 Å². The number of aliphatic hydroxyl groups is 1. The average molecular weight is 431 g/mol. The van der Waals surface area contributed by atoms with Crippen molar-refractivity contribution in [2.75, 3.05) is 31.6 Å². The summed E-state index contributed by atoms with van der Waals surface area (Å²) in [6.07, 6.45) is 3.43. The third-order valence-electron chi connectivity index (χ3n) is 4.26. The topological polar surface area (TPSA) is 105 Å². The second-order valence-corrected chi connectivity index (χ2v) is 8.19. The summed E-state index contributed by atoms with van der Waals surface area (Å²) in [6.45, 7) is 4.34. The highest BCUT2D eigenvalue weighted by molar-refractivity contribution is 7.14. The van der Waals surface area contributed by atoms with Gasteiger partial charge in [-0.05, 0) is 18.9 Å². The summed E-state index contributed by atoms with van der Waals surface area (Å²) < 4.78 is 5.54. The number of aromatic nitrogens is 3. The molecule has 0 saturated heterocycles. The van der Waals surface area contributed by atoms with E-state index in [-0.39, 0.29) is 6.61 Å². The summed E-state index contributed by atoms with van der Waals surface area (Å²) in [7, 11) is 0. The molecule has 0 aromatic carbocycles. The van der Waals surface area contributed by atoms with Gasteiger partial charge in [0.05, 0.1) is 6.61 Å². The highest BCUT2D eigenvalue weighted by atomic mass is 32.1. The third kappa shape index (κ3) is 4.89. The number of thiazole rings is 2. The summed E-state index contributed by atoms with van der Waals surface area (Å²) in [4.78, 5) is 18.2. The zero-order valence-electron chi connectivity index (χ0n) is 16.0. The highest BCUT2D eigenvalue weighted by Crippen LogP contribution is 2.32. The van der Waals surface area contributed by atoms with Gasteiger partial charge < -0.3 is 20.5 Å². The van der Waals surface area contributed by atoms with Crippen LogP contribution in [0.3, 0.4) is 0 Å². The number of hydrogen-bond acceptors (Lipinski definition) is 10. The van der Waals surface area contributed by atoms with Crippen LogP contribution in [0.4, 0.5) is 5.13 Å². The lowest BCUT2D eigenvalue weighted by Crippen LogP contribution is -2.35. The van der Waals surface area contributed by atoms with Gasteiger partial charge in [-0.2, -0.15) is 0 Å². The van der Waals surface area contributed by atoms with Crippen molar-refractivity contribution in [2.45, 2.75) is 19.8 Å². The predicted molar refractivity (Wildman–Crippen MR) is 117 cm³/mol. The fourth-order valence-electron chi connectivity index (χ4n) is 2.76. The standard InChI is InChI=1S/C19H22N6O2S2/c1-12-8-16(27-7-3-6-26)22-9-13(12)17-23-14(10-28-17)15-11-29-19(24-15)25-18-20-4-2-5-21-18/h8-11,26H,2-7H2,1H3,(H2,20,21,24,25). The Morgan fingerprint density at radius 1 is 1.24 bits per heavy atom. The number of hydrogen-bond donors (Lipinski definition) is 3. The lowest BCUT2D eigenvalue weighted by molar-refractivity contribution is 0.229. The molecular weight excluding hydrogens is 408 g/mol. The van der Waals surface area contributed by atoms with Crippen molar-refractivity contribution in [1.82, 2.24) is 20.3 Å². The zero-order valence-corrected chi connectivity index (χ0v) is 17.6. The number of ether oxygens (including phenoxy) is 1. The minimum atomic E-state index is 0.109. The molecule has 8 nitrogen and oxygen atoms in total. The van der Waals surface area contributed by atoms with Gasteiger partial charge >= 0.3 is 0 Å². The summed E-state index contributed by atoms with van der Waals surface area (Å²) in [5, 5.41) is 21.0. The van der Waals surface area contributed by atoms with Gasteiger partial charge in [0.15, 0.2) is 11.1 Å². The van der Waals surface area contributed by atoms with Gasteiger partial charge in [0.25, 0.3) is 0 Å². The second-order valence-electron chi connectivity index (χ2n) is 6.47. The van der Waals surface area contributed by atoms with Crippen LogP contribution in [-0.4, -0.2) is 52.3 Å². The van der Waals surface area contributed by atoms with Crippen LogP contribution in [-0.2, 0) is 0 Å². The molecule has 0 aliphatic carbocycles. The average Bonchev–Trinajstić information content (AvgIpc) is 3.39. The largest absolute Gasteiger partial charge is 0.478 e. The van der Waals surface area contributed by atoms with E-state index in [2.05, 4.69) is 25.6 Å². The van der Waals surface area contributed by atoms with Gasteiger partial charge in [0, 0.05) is 54.7 Å². The predicted octanol–water partition coefficient (Wildman–Crippen LogP) is 3.16. The number of rotatable bonds is 7. The fraction of sp³-hybridized carbons (Fsp3) is 0.368. The van der Waals surface area contributed by atoms with E-state index in [9.17, 15) is 0 Å². The Morgan fingerprint density at radius 3 is 2.90 bits per heavy atom. The Kier molecular flexibility index (Phi) is 6.33. The fourth-order valence-corrected chi connectivity index (χ4v) is 4.35. The molecule has 3 N–H and O–H groups in total. The molecular formula is C19H22N6O2S2. The number of aryl methyl sites for hydroxylation is 1. The first-order valence-corrected chi connectivity index (χ1v) is 11.2. The molecule has 3 aromatic heterocycles. The van der Waals surface area contributed by atoms with E-state index in [0.29, 0.717) is 18.9 Å². The monoisotopic (exact) mass is 430 g/mol. The van der Waals surface area contributed by atoms with E-state index in [1.54, 1.807) is 17.5 Å². The molecule has 0 spiro atoms. The summed E-state index contributed by atoms with van der Waals surface area (Å²) in [5.41, 5.74) is 3.70. The summed E-state index contributed by atoms with van der Waals surface area (Å²) >= 11 is 3.10. The maximum atomic E-state index is 8.85. The minimum Gasteiger partial charge on any atom is -0.478 e. The molecule has 0 amide bonds. The van der Waals surface area contributed by atoms with E-state index in [0.717, 1.165) is 58.1 Å². The van der Waals surface area contributed by atoms with Crippen LogP contribution >= 0.6 is 22.7 Å². The quantitative estimate of drug-likeness (QED) is 0.495. The molecule has 1 aliphatic rings. The number of pyridine rings is 1. The number of nitrogens with one attached hydrogen (secondary N) is 2. The Morgan fingerprint density at radius 2 is 2.10 bits per heavy atom. The van der Waals surface area contributed by atoms with E-state index >= 15 is 0 Å². The number of aliphatic imine (C=N–C) groups is 1. The molecule has 0 saturated carbocycles. The Labute approximate surface area is 176 Å². The van der Waals surface area contributed by atoms with Crippen LogP contribution in [0.25, 0.3) is 22.0 Å². The Balaban J connectivity index is 1.46. The van der Waals surface area contributed by atoms with Crippen molar-refractivity contribution >= 4 is 33.8 Å². The molecule has 0 atom stereocenters. The van der Waals surface area contributed by atoms with Gasteiger partial charge in [-0.25, -0.2) is 15.0 Å². The van der Waals surface area contributed by atoms with Crippen LogP contribution in [0, 0.1) is 6.92 Å². The van der Waals surface area contributed by atoms with Gasteiger partial charge in [-0.1, -0.05) is 0 Å². The molecule has 29 heavy (non-hydrogen) atoms. The maximum Gasteiger partial charge on any atom is 0.213 e. The van der Waals surface area contributed by atoms with Gasteiger partial charge in [0.1, 0.15) is 16.4 Å². The van der Waals surface area contributed by atoms with Crippen LogP contribution in [0.5, 0.6) is 5.88 Å². The van der Waals surface area contributed by atoms with Crippen molar-refractivity contribution in [2.24, 2.45) is 4.99 Å². The van der Waals surface area contributed by atoms with E-state index < -0.39 is 0 Å². The van der Waals surface area contributed by atoms with E-state index in [1.165, 1.54) is 11.3 Å². The maximum absolute atomic E-state index is 8.85. The van der Waals surface area contributed by atoms with Crippen LogP contribution in [0.15, 0.2) is 28.0 Å². The van der Waals surface area contributed by atoms with Gasteiger partial charge in [-0.15, -0.1) is 22.7 Å². The molecule has 0 fully saturated rings. The normalized spacial score (nSPS) is 13.7. The lowest BCUT2D eigenvalue weighted by atomic mass is 10.2. The van der Waals surface area contributed by atoms with E-state index in [1.807, 2.05) is 23.8 Å². The van der Waals surface area contributed by atoms with Crippen LogP contribution < -0.4 is 15.4 Å². The Bertz CT molecular complexity index is 1000. The van der Waals surface area contributed by atoms with Gasteiger partial charge in [-0.3, -0.25) is 4.99 Å². The molecule has 4 rings (SSSR count). The molecule has 0 bridgehead atoms.